The van der Waals surface area contributed by atoms with Crippen LogP contribution in [-0.2, 0) is 16.4 Å². The predicted octanol–water partition coefficient (Wildman–Crippen LogP) is 3.94. The topological polar surface area (TPSA) is 72.9 Å². The Morgan fingerprint density at radius 1 is 1.14 bits per heavy atom. The van der Waals surface area contributed by atoms with E-state index in [1.807, 2.05) is 37.3 Å². The first-order valence-electron chi connectivity index (χ1n) is 9.07. The summed E-state index contributed by atoms with van der Waals surface area (Å²) in [7, 11) is -2.61. The van der Waals surface area contributed by atoms with Crippen LogP contribution in [0.5, 0.6) is 11.5 Å². The summed E-state index contributed by atoms with van der Waals surface area (Å²) in [5.41, 5.74) is 0.786. The maximum Gasteiger partial charge on any atom is 0.273 e. The summed E-state index contributed by atoms with van der Waals surface area (Å²) >= 11 is 1.29. The maximum absolute atomic E-state index is 13.3. The van der Waals surface area contributed by atoms with Crippen molar-refractivity contribution >= 4 is 27.7 Å². The van der Waals surface area contributed by atoms with Crippen molar-refractivity contribution in [2.75, 3.05) is 19.6 Å². The van der Waals surface area contributed by atoms with Crippen LogP contribution >= 0.6 is 11.8 Å². The van der Waals surface area contributed by atoms with Crippen molar-refractivity contribution in [3.8, 4) is 11.5 Å². The zero-order valence-electron chi connectivity index (χ0n) is 16.1. The Kier molecular flexibility index (Phi) is 6.20. The van der Waals surface area contributed by atoms with Crippen molar-refractivity contribution in [2.24, 2.45) is 0 Å². The molecule has 0 radical (unpaired) electrons. The van der Waals surface area contributed by atoms with E-state index in [9.17, 15) is 13.2 Å². The number of sulfonamides is 1. The number of nitrogens with zero attached hydrogens (tertiary/aromatic N) is 1. The van der Waals surface area contributed by atoms with E-state index in [2.05, 4.69) is 0 Å². The van der Waals surface area contributed by atoms with E-state index < -0.39 is 15.9 Å². The number of carbonyl (C=O) groups excluding carboxylic acids is 1. The molecule has 6 nitrogen and oxygen atoms in total. The average Bonchev–Trinajstić information content (AvgIpc) is 2.88. The molecule has 2 aromatic rings. The van der Waals surface area contributed by atoms with E-state index in [1.54, 1.807) is 13.0 Å². The Balaban J connectivity index is 2.08. The van der Waals surface area contributed by atoms with Gasteiger partial charge in [-0.25, -0.2) is 12.7 Å². The molecule has 0 fully saturated rings. The van der Waals surface area contributed by atoms with Gasteiger partial charge in [0.15, 0.2) is 0 Å². The molecule has 0 unspecified atom stereocenters. The molecule has 150 valence electrons. The van der Waals surface area contributed by atoms with Gasteiger partial charge < -0.3 is 9.47 Å². The van der Waals surface area contributed by atoms with Crippen LogP contribution in [0.4, 0.5) is 0 Å². The molecule has 0 saturated heterocycles. The van der Waals surface area contributed by atoms with Crippen LogP contribution in [0, 0.1) is 0 Å². The van der Waals surface area contributed by atoms with Crippen LogP contribution in [0.1, 0.15) is 36.2 Å². The number of aryl methyl sites for hydroxylation is 1. The summed E-state index contributed by atoms with van der Waals surface area (Å²) in [6.45, 7) is 4.12. The lowest BCUT2D eigenvalue weighted by molar-refractivity contribution is 0.0883. The third kappa shape index (κ3) is 3.58. The molecule has 0 aromatic heterocycles. The van der Waals surface area contributed by atoms with Crippen molar-refractivity contribution in [2.45, 2.75) is 36.5 Å². The molecule has 0 N–H and O–H groups in total. The lowest BCUT2D eigenvalue weighted by atomic mass is 10.0. The van der Waals surface area contributed by atoms with Gasteiger partial charge >= 0.3 is 0 Å². The molecular formula is C20H23NO5S2. The number of fused-ring (bicyclic) bond motifs is 1. The normalized spacial score (nSPS) is 14.8. The van der Waals surface area contributed by atoms with Crippen LogP contribution in [-0.4, -0.2) is 38.2 Å². The van der Waals surface area contributed by atoms with Gasteiger partial charge in [0.2, 0.25) is 0 Å². The van der Waals surface area contributed by atoms with Gasteiger partial charge in [-0.2, -0.15) is 0 Å². The number of rotatable bonds is 8. The molecule has 0 bridgehead atoms. The monoisotopic (exact) mass is 421 g/mol. The lowest BCUT2D eigenvalue weighted by Gasteiger charge is -2.16. The predicted molar refractivity (Wildman–Crippen MR) is 109 cm³/mol. The minimum absolute atomic E-state index is 0.0162. The quantitative estimate of drug-likeness (QED) is 0.601. The minimum Gasteiger partial charge on any atom is -0.495 e. The molecular weight excluding hydrogens is 398 g/mol. The van der Waals surface area contributed by atoms with Crippen LogP contribution in [0.25, 0.3) is 0 Å². The molecule has 0 aliphatic carbocycles. The molecule has 0 spiro atoms. The fourth-order valence-corrected chi connectivity index (χ4v) is 6.06. The number of methoxy groups -OCH3 is 1. The first-order valence-corrected chi connectivity index (χ1v) is 11.5. The second kappa shape index (κ2) is 8.45. The summed E-state index contributed by atoms with van der Waals surface area (Å²) < 4.78 is 38.5. The van der Waals surface area contributed by atoms with Gasteiger partial charge in [-0.3, -0.25) is 4.79 Å². The molecule has 1 heterocycles. The van der Waals surface area contributed by atoms with Gasteiger partial charge in [0.05, 0.1) is 19.6 Å². The zero-order valence-corrected chi connectivity index (χ0v) is 17.7. The molecule has 8 heteroatoms. The Bertz CT molecular complexity index is 974. The molecule has 1 amide bonds. The number of hydrogen-bond acceptors (Lipinski definition) is 6. The molecule has 3 rings (SSSR count). The molecule has 1 aliphatic rings. The van der Waals surface area contributed by atoms with Crippen molar-refractivity contribution in [1.29, 1.82) is 0 Å². The number of ether oxygens (including phenoxy) is 2. The van der Waals surface area contributed by atoms with Crippen LogP contribution in [0.3, 0.4) is 0 Å². The highest BCUT2D eigenvalue weighted by molar-refractivity contribution is 8.00. The second-order valence-corrected chi connectivity index (χ2v) is 9.02. The number of hydrogen-bond donors (Lipinski definition) is 0. The van der Waals surface area contributed by atoms with Crippen molar-refractivity contribution < 1.29 is 22.7 Å². The van der Waals surface area contributed by atoms with Crippen molar-refractivity contribution in [1.82, 2.24) is 4.31 Å². The van der Waals surface area contributed by atoms with Crippen LogP contribution < -0.4 is 9.47 Å². The molecule has 28 heavy (non-hydrogen) atoms. The smallest absolute Gasteiger partial charge is 0.273 e. The van der Waals surface area contributed by atoms with Crippen LogP contribution in [0.2, 0.25) is 0 Å². The summed E-state index contributed by atoms with van der Waals surface area (Å²) in [5.74, 6) is -0.0656. The third-order valence-corrected chi connectivity index (χ3v) is 7.32. The molecule has 2 aromatic carbocycles. The fourth-order valence-electron chi connectivity index (χ4n) is 3.19. The Morgan fingerprint density at radius 3 is 2.46 bits per heavy atom. The summed E-state index contributed by atoms with van der Waals surface area (Å²) in [4.78, 5) is 13.9. The van der Waals surface area contributed by atoms with Crippen LogP contribution in [0.15, 0.2) is 46.2 Å². The first kappa shape index (κ1) is 20.5. The molecule has 1 aliphatic heterocycles. The summed E-state index contributed by atoms with van der Waals surface area (Å²) in [5, 5.41) is 0. The van der Waals surface area contributed by atoms with Gasteiger partial charge in [0, 0.05) is 4.90 Å². The van der Waals surface area contributed by atoms with E-state index in [-0.39, 0.29) is 22.1 Å². The third-order valence-electron chi connectivity index (χ3n) is 4.38. The van der Waals surface area contributed by atoms with E-state index in [1.165, 1.54) is 18.9 Å². The zero-order chi connectivity index (χ0) is 20.3. The lowest BCUT2D eigenvalue weighted by Crippen LogP contribution is -2.29. The highest BCUT2D eigenvalue weighted by atomic mass is 32.2. The van der Waals surface area contributed by atoms with E-state index in [0.717, 1.165) is 21.2 Å². The highest BCUT2D eigenvalue weighted by Crippen LogP contribution is 2.45. The van der Waals surface area contributed by atoms with E-state index in [4.69, 9.17) is 9.47 Å². The second-order valence-electron chi connectivity index (χ2n) is 6.20. The Hall–Kier alpha value is -2.19. The minimum atomic E-state index is -4.03. The number of benzene rings is 2. The first-order chi connectivity index (χ1) is 13.5. The Morgan fingerprint density at radius 2 is 1.86 bits per heavy atom. The number of thioether (sulfide) groups is 1. The van der Waals surface area contributed by atoms with Gasteiger partial charge in [-0.1, -0.05) is 31.5 Å². The van der Waals surface area contributed by atoms with Gasteiger partial charge in [-0.15, -0.1) is 11.8 Å². The highest BCUT2D eigenvalue weighted by Gasteiger charge is 2.46. The average molecular weight is 422 g/mol. The van der Waals surface area contributed by atoms with Gasteiger partial charge in [-0.05, 0) is 37.1 Å². The largest absolute Gasteiger partial charge is 0.495 e. The SMILES string of the molecule is CCCc1cc(OCC)c2c(c1OC)S(=O)(=O)N(CSc1ccccc1)C2=O. The maximum atomic E-state index is 13.3. The van der Waals surface area contributed by atoms with Crippen molar-refractivity contribution in [3.63, 3.8) is 0 Å². The van der Waals surface area contributed by atoms with E-state index >= 15 is 0 Å². The van der Waals surface area contributed by atoms with Gasteiger partial charge in [0.1, 0.15) is 22.0 Å². The Labute approximate surface area is 169 Å². The summed E-state index contributed by atoms with van der Waals surface area (Å²) in [6, 6.07) is 11.1. The summed E-state index contributed by atoms with van der Waals surface area (Å²) in [6.07, 6.45) is 1.43. The van der Waals surface area contributed by atoms with Crippen molar-refractivity contribution in [3.05, 3.63) is 47.5 Å². The number of amides is 1. The standard InChI is InChI=1S/C20H23NO5S2/c1-4-9-14-12-16(26-5-2)17-19(18(14)25-3)28(23,24)21(20(17)22)13-27-15-10-7-6-8-11-15/h6-8,10-12H,4-5,9,13H2,1-3H3. The fraction of sp³-hybridized carbons (Fsp3) is 0.350. The molecule has 0 atom stereocenters. The number of carbonyl (C=O) groups is 1. The van der Waals surface area contributed by atoms with Gasteiger partial charge in [0.25, 0.3) is 15.9 Å². The molecule has 0 saturated carbocycles. The van der Waals surface area contributed by atoms with E-state index in [0.29, 0.717) is 18.8 Å².